The third-order valence-corrected chi connectivity index (χ3v) is 4.93. The summed E-state index contributed by atoms with van der Waals surface area (Å²) in [7, 11) is 0. The van der Waals surface area contributed by atoms with Gasteiger partial charge in [0.1, 0.15) is 5.76 Å². The zero-order chi connectivity index (χ0) is 15.7. The standard InChI is InChI=1S/C16H25N3O3/c1-11(15-12(2)17-22-13(15)3)16(20)19-5-4-14(10-19)18-6-8-21-9-7-18/h11,14H,4-10H2,1-3H3/t11-,14+/m1/s1. The highest BCUT2D eigenvalue weighted by atomic mass is 16.5. The number of aryl methyl sites for hydroxylation is 2. The van der Waals surface area contributed by atoms with Gasteiger partial charge in [-0.1, -0.05) is 5.16 Å². The van der Waals surface area contributed by atoms with Crippen LogP contribution in [0.25, 0.3) is 0 Å². The van der Waals surface area contributed by atoms with E-state index < -0.39 is 0 Å². The third-order valence-electron chi connectivity index (χ3n) is 4.93. The summed E-state index contributed by atoms with van der Waals surface area (Å²) in [5.41, 5.74) is 1.77. The van der Waals surface area contributed by atoms with Gasteiger partial charge in [0.15, 0.2) is 0 Å². The van der Waals surface area contributed by atoms with E-state index in [-0.39, 0.29) is 11.8 Å². The van der Waals surface area contributed by atoms with Gasteiger partial charge in [0, 0.05) is 37.8 Å². The van der Waals surface area contributed by atoms with E-state index in [1.54, 1.807) is 0 Å². The molecule has 1 aromatic rings. The van der Waals surface area contributed by atoms with Crippen LogP contribution in [0.3, 0.4) is 0 Å². The fourth-order valence-corrected chi connectivity index (χ4v) is 3.69. The molecule has 1 amide bonds. The van der Waals surface area contributed by atoms with Gasteiger partial charge in [-0.25, -0.2) is 0 Å². The summed E-state index contributed by atoms with van der Waals surface area (Å²) in [5.74, 6) is 0.752. The van der Waals surface area contributed by atoms with Crippen LogP contribution >= 0.6 is 0 Å². The van der Waals surface area contributed by atoms with Gasteiger partial charge in [0.05, 0.1) is 24.8 Å². The number of amides is 1. The minimum Gasteiger partial charge on any atom is -0.379 e. The van der Waals surface area contributed by atoms with Crippen molar-refractivity contribution in [2.24, 2.45) is 0 Å². The summed E-state index contributed by atoms with van der Waals surface area (Å²) in [6, 6.07) is 0.477. The number of rotatable bonds is 3. The van der Waals surface area contributed by atoms with E-state index in [9.17, 15) is 4.79 Å². The van der Waals surface area contributed by atoms with E-state index in [2.05, 4.69) is 10.1 Å². The average molecular weight is 307 g/mol. The van der Waals surface area contributed by atoms with Crippen molar-refractivity contribution in [3.63, 3.8) is 0 Å². The monoisotopic (exact) mass is 307 g/mol. The van der Waals surface area contributed by atoms with Crippen LogP contribution in [-0.2, 0) is 9.53 Å². The van der Waals surface area contributed by atoms with Crippen molar-refractivity contribution in [3.05, 3.63) is 17.0 Å². The van der Waals surface area contributed by atoms with E-state index in [4.69, 9.17) is 9.26 Å². The summed E-state index contributed by atoms with van der Waals surface area (Å²) in [5, 5.41) is 3.97. The Bertz CT molecular complexity index is 517. The molecule has 2 aliphatic heterocycles. The average Bonchev–Trinajstić information content (AvgIpc) is 3.14. The van der Waals surface area contributed by atoms with Crippen LogP contribution in [0.5, 0.6) is 0 Å². The molecule has 2 saturated heterocycles. The molecule has 2 aliphatic rings. The van der Waals surface area contributed by atoms with Gasteiger partial charge in [-0.05, 0) is 27.2 Å². The Kier molecular flexibility index (Phi) is 4.49. The maximum atomic E-state index is 12.8. The van der Waals surface area contributed by atoms with Gasteiger partial charge in [-0.3, -0.25) is 9.69 Å². The second-order valence-electron chi connectivity index (χ2n) is 6.33. The number of morpholine rings is 1. The maximum absolute atomic E-state index is 12.8. The molecule has 0 N–H and O–H groups in total. The molecule has 2 fully saturated rings. The normalized spacial score (nSPS) is 24.7. The number of aromatic nitrogens is 1. The molecule has 0 spiro atoms. The molecule has 1 aromatic heterocycles. The number of carbonyl (C=O) groups is 1. The zero-order valence-corrected chi connectivity index (χ0v) is 13.7. The minimum absolute atomic E-state index is 0.185. The van der Waals surface area contributed by atoms with E-state index in [0.717, 1.165) is 62.8 Å². The molecular formula is C16H25N3O3. The Morgan fingerprint density at radius 2 is 2.00 bits per heavy atom. The molecule has 122 valence electrons. The lowest BCUT2D eigenvalue weighted by atomic mass is 9.98. The molecule has 0 aliphatic carbocycles. The summed E-state index contributed by atoms with van der Waals surface area (Å²) in [4.78, 5) is 17.2. The lowest BCUT2D eigenvalue weighted by molar-refractivity contribution is -0.131. The van der Waals surface area contributed by atoms with E-state index in [0.29, 0.717) is 6.04 Å². The van der Waals surface area contributed by atoms with Crippen LogP contribution in [0.2, 0.25) is 0 Å². The topological polar surface area (TPSA) is 58.8 Å². The number of hydrogen-bond donors (Lipinski definition) is 0. The zero-order valence-electron chi connectivity index (χ0n) is 13.7. The lowest BCUT2D eigenvalue weighted by Crippen LogP contribution is -2.45. The van der Waals surface area contributed by atoms with Crippen molar-refractivity contribution in [1.82, 2.24) is 15.0 Å². The van der Waals surface area contributed by atoms with Gasteiger partial charge in [-0.2, -0.15) is 0 Å². The predicted octanol–water partition coefficient (Wildman–Crippen LogP) is 1.33. The highest BCUT2D eigenvalue weighted by Crippen LogP contribution is 2.27. The van der Waals surface area contributed by atoms with Gasteiger partial charge < -0.3 is 14.2 Å². The lowest BCUT2D eigenvalue weighted by Gasteiger charge is -2.32. The Morgan fingerprint density at radius 1 is 1.27 bits per heavy atom. The minimum atomic E-state index is -0.185. The third kappa shape index (κ3) is 2.90. The molecule has 0 unspecified atom stereocenters. The van der Waals surface area contributed by atoms with E-state index >= 15 is 0 Å². The molecule has 6 nitrogen and oxygen atoms in total. The summed E-state index contributed by atoms with van der Waals surface area (Å²) < 4.78 is 10.6. The first kappa shape index (κ1) is 15.5. The van der Waals surface area contributed by atoms with Crippen LogP contribution < -0.4 is 0 Å². The Hall–Kier alpha value is -1.40. The van der Waals surface area contributed by atoms with Crippen molar-refractivity contribution in [2.75, 3.05) is 39.4 Å². The maximum Gasteiger partial charge on any atom is 0.230 e. The van der Waals surface area contributed by atoms with Gasteiger partial charge in [0.2, 0.25) is 5.91 Å². The molecule has 0 bridgehead atoms. The van der Waals surface area contributed by atoms with Crippen molar-refractivity contribution in [2.45, 2.75) is 39.2 Å². The highest BCUT2D eigenvalue weighted by Gasteiger charge is 2.34. The van der Waals surface area contributed by atoms with Crippen molar-refractivity contribution in [1.29, 1.82) is 0 Å². The van der Waals surface area contributed by atoms with Crippen molar-refractivity contribution in [3.8, 4) is 0 Å². The van der Waals surface area contributed by atoms with Crippen LogP contribution in [0, 0.1) is 13.8 Å². The molecule has 2 atom stereocenters. The molecule has 22 heavy (non-hydrogen) atoms. The fourth-order valence-electron chi connectivity index (χ4n) is 3.69. The van der Waals surface area contributed by atoms with Gasteiger partial charge in [0.25, 0.3) is 0 Å². The van der Waals surface area contributed by atoms with E-state index in [1.165, 1.54) is 0 Å². The Morgan fingerprint density at radius 3 is 2.64 bits per heavy atom. The second kappa shape index (κ2) is 6.38. The SMILES string of the molecule is Cc1noc(C)c1[C@@H](C)C(=O)N1CC[C@H](N2CCOCC2)C1. The Labute approximate surface area is 131 Å². The molecule has 3 heterocycles. The summed E-state index contributed by atoms with van der Waals surface area (Å²) in [6.07, 6.45) is 1.06. The number of hydrogen-bond acceptors (Lipinski definition) is 5. The molecular weight excluding hydrogens is 282 g/mol. The fraction of sp³-hybridized carbons (Fsp3) is 0.750. The molecule has 0 saturated carbocycles. The first-order chi connectivity index (χ1) is 10.6. The predicted molar refractivity (Wildman–Crippen MR) is 81.8 cm³/mol. The van der Waals surface area contributed by atoms with Gasteiger partial charge >= 0.3 is 0 Å². The largest absolute Gasteiger partial charge is 0.379 e. The molecule has 3 rings (SSSR count). The number of likely N-dealkylation sites (tertiary alicyclic amines) is 1. The summed E-state index contributed by atoms with van der Waals surface area (Å²) in [6.45, 7) is 11.0. The van der Waals surface area contributed by atoms with Crippen molar-refractivity contribution < 1.29 is 14.1 Å². The molecule has 0 radical (unpaired) electrons. The first-order valence-corrected chi connectivity index (χ1v) is 8.11. The van der Waals surface area contributed by atoms with Crippen LogP contribution in [-0.4, -0.2) is 66.3 Å². The number of carbonyl (C=O) groups excluding carboxylic acids is 1. The van der Waals surface area contributed by atoms with Gasteiger partial charge in [-0.15, -0.1) is 0 Å². The number of ether oxygens (including phenoxy) is 1. The van der Waals surface area contributed by atoms with E-state index in [1.807, 2.05) is 25.7 Å². The first-order valence-electron chi connectivity index (χ1n) is 8.11. The van der Waals surface area contributed by atoms with Crippen molar-refractivity contribution >= 4 is 5.91 Å². The number of nitrogens with zero attached hydrogens (tertiary/aromatic N) is 3. The summed E-state index contributed by atoms with van der Waals surface area (Å²) >= 11 is 0. The van der Waals surface area contributed by atoms with Crippen LogP contribution in [0.1, 0.15) is 36.3 Å². The molecule has 0 aromatic carbocycles. The Balaban J connectivity index is 1.63. The van der Waals surface area contributed by atoms with Crippen LogP contribution in [0.4, 0.5) is 0 Å². The van der Waals surface area contributed by atoms with Crippen LogP contribution in [0.15, 0.2) is 4.52 Å². The second-order valence-corrected chi connectivity index (χ2v) is 6.33. The smallest absolute Gasteiger partial charge is 0.230 e. The molecule has 6 heteroatoms. The highest BCUT2D eigenvalue weighted by molar-refractivity contribution is 5.84. The quantitative estimate of drug-likeness (QED) is 0.843.